The van der Waals surface area contributed by atoms with Crippen molar-refractivity contribution in [1.29, 1.82) is 0 Å². The summed E-state index contributed by atoms with van der Waals surface area (Å²) in [6.07, 6.45) is 0.848. The molecule has 0 bridgehead atoms. The fraction of sp³-hybridized carbons (Fsp3) is 0.333. The minimum atomic E-state index is -0.938. The first-order chi connectivity index (χ1) is 9.93. The summed E-state index contributed by atoms with van der Waals surface area (Å²) in [5.74, 6) is -0.266. The average molecular weight is 353 g/mol. The van der Waals surface area contributed by atoms with Gasteiger partial charge in [0.15, 0.2) is 0 Å². The van der Waals surface area contributed by atoms with Crippen molar-refractivity contribution in [2.75, 3.05) is 0 Å². The largest absolute Gasteiger partial charge is 0.487 e. The Hall–Kier alpha value is -1.82. The summed E-state index contributed by atoms with van der Waals surface area (Å²) in [5.41, 5.74) is 3.00. The number of benzene rings is 1. The van der Waals surface area contributed by atoms with E-state index in [-0.39, 0.29) is 5.56 Å². The standard InChI is InChI=1S/C15H17BrN2O3/c1-4-11-14(16)12(18(3)17-11)8-21-13-6-5-10(15(19)20)7-9(13)2/h5-7H,4,8H2,1-3H3,(H,19,20). The third-order valence-corrected chi connectivity index (χ3v) is 4.20. The number of carboxylic acids is 1. The summed E-state index contributed by atoms with van der Waals surface area (Å²) < 4.78 is 8.55. The van der Waals surface area contributed by atoms with Crippen molar-refractivity contribution in [1.82, 2.24) is 9.78 Å². The number of aromatic nitrogens is 2. The highest BCUT2D eigenvalue weighted by atomic mass is 79.9. The minimum Gasteiger partial charge on any atom is -0.487 e. The van der Waals surface area contributed by atoms with E-state index >= 15 is 0 Å². The van der Waals surface area contributed by atoms with Gasteiger partial charge in [0.1, 0.15) is 12.4 Å². The number of halogens is 1. The Morgan fingerprint density at radius 2 is 2.19 bits per heavy atom. The summed E-state index contributed by atoms with van der Waals surface area (Å²) in [4.78, 5) is 10.9. The molecule has 1 N–H and O–H groups in total. The van der Waals surface area contributed by atoms with Crippen LogP contribution in [0.5, 0.6) is 5.75 Å². The van der Waals surface area contributed by atoms with E-state index in [1.165, 1.54) is 0 Å². The SMILES string of the molecule is CCc1nn(C)c(COc2ccc(C(=O)O)cc2C)c1Br. The van der Waals surface area contributed by atoms with Crippen molar-refractivity contribution in [2.24, 2.45) is 7.05 Å². The normalized spacial score (nSPS) is 10.7. The van der Waals surface area contributed by atoms with Crippen LogP contribution in [0.2, 0.25) is 0 Å². The van der Waals surface area contributed by atoms with Gasteiger partial charge in [-0.1, -0.05) is 6.92 Å². The lowest BCUT2D eigenvalue weighted by Crippen LogP contribution is -2.05. The van der Waals surface area contributed by atoms with Crippen LogP contribution in [0.4, 0.5) is 0 Å². The van der Waals surface area contributed by atoms with Gasteiger partial charge in [0.25, 0.3) is 0 Å². The molecule has 5 nitrogen and oxygen atoms in total. The van der Waals surface area contributed by atoms with Crippen LogP contribution in [0.15, 0.2) is 22.7 Å². The first-order valence-electron chi connectivity index (χ1n) is 6.61. The topological polar surface area (TPSA) is 64.4 Å². The maximum Gasteiger partial charge on any atom is 0.335 e. The number of rotatable bonds is 5. The van der Waals surface area contributed by atoms with Crippen LogP contribution >= 0.6 is 15.9 Å². The van der Waals surface area contributed by atoms with Crippen molar-refractivity contribution in [3.63, 3.8) is 0 Å². The zero-order valence-corrected chi connectivity index (χ0v) is 13.8. The number of ether oxygens (including phenoxy) is 1. The molecule has 0 aliphatic rings. The second-order valence-electron chi connectivity index (χ2n) is 4.76. The van der Waals surface area contributed by atoms with Crippen LogP contribution < -0.4 is 4.74 Å². The predicted molar refractivity (Wildman–Crippen MR) is 82.8 cm³/mol. The van der Waals surface area contributed by atoms with Gasteiger partial charge in [0.2, 0.25) is 0 Å². The Balaban J connectivity index is 2.17. The molecule has 0 fully saturated rings. The van der Waals surface area contributed by atoms with Crippen molar-refractivity contribution < 1.29 is 14.6 Å². The number of hydrogen-bond acceptors (Lipinski definition) is 3. The molecule has 0 unspecified atom stereocenters. The maximum absolute atomic E-state index is 10.9. The number of hydrogen-bond donors (Lipinski definition) is 1. The van der Waals surface area contributed by atoms with Gasteiger partial charge >= 0.3 is 5.97 Å². The molecule has 0 aliphatic heterocycles. The van der Waals surface area contributed by atoms with Gasteiger partial charge in [-0.2, -0.15) is 5.10 Å². The average Bonchev–Trinajstić information content (AvgIpc) is 2.72. The molecule has 0 spiro atoms. The molecule has 6 heteroatoms. The zero-order chi connectivity index (χ0) is 15.6. The summed E-state index contributed by atoms with van der Waals surface area (Å²) in [6, 6.07) is 4.83. The van der Waals surface area contributed by atoms with Crippen molar-refractivity contribution in [3.05, 3.63) is 45.2 Å². The highest BCUT2D eigenvalue weighted by Crippen LogP contribution is 2.25. The summed E-state index contributed by atoms with van der Waals surface area (Å²) in [6.45, 7) is 4.25. The minimum absolute atomic E-state index is 0.259. The quantitative estimate of drug-likeness (QED) is 0.896. The Bertz CT molecular complexity index is 680. The summed E-state index contributed by atoms with van der Waals surface area (Å²) in [5, 5.41) is 13.4. The van der Waals surface area contributed by atoms with Gasteiger partial charge < -0.3 is 9.84 Å². The predicted octanol–water partition coefficient (Wildman–Crippen LogP) is 3.33. The molecule has 0 saturated carbocycles. The lowest BCUT2D eigenvalue weighted by atomic mass is 10.1. The number of carbonyl (C=O) groups is 1. The highest BCUT2D eigenvalue weighted by Gasteiger charge is 2.14. The van der Waals surface area contributed by atoms with Crippen molar-refractivity contribution >= 4 is 21.9 Å². The van der Waals surface area contributed by atoms with Crippen LogP contribution in [-0.2, 0) is 20.1 Å². The fourth-order valence-electron chi connectivity index (χ4n) is 2.07. The van der Waals surface area contributed by atoms with Gasteiger partial charge in [-0.05, 0) is 53.0 Å². The molecule has 2 rings (SSSR count). The molecule has 1 aromatic carbocycles. The zero-order valence-electron chi connectivity index (χ0n) is 12.2. The molecule has 0 radical (unpaired) electrons. The Kier molecular flexibility index (Phi) is 4.67. The Labute approximate surface area is 131 Å². The molecular weight excluding hydrogens is 336 g/mol. The Morgan fingerprint density at radius 3 is 2.71 bits per heavy atom. The van der Waals surface area contributed by atoms with Crippen LogP contribution in [0.25, 0.3) is 0 Å². The van der Waals surface area contributed by atoms with Gasteiger partial charge in [-0.25, -0.2) is 4.79 Å². The number of aromatic carboxylic acids is 1. The van der Waals surface area contributed by atoms with E-state index in [0.717, 1.165) is 27.8 Å². The number of carboxylic acid groups (broad SMARTS) is 1. The van der Waals surface area contributed by atoms with Crippen LogP contribution in [0.1, 0.15) is 34.2 Å². The summed E-state index contributed by atoms with van der Waals surface area (Å²) in [7, 11) is 1.88. The summed E-state index contributed by atoms with van der Waals surface area (Å²) >= 11 is 3.54. The maximum atomic E-state index is 10.9. The van der Waals surface area contributed by atoms with E-state index in [4.69, 9.17) is 9.84 Å². The van der Waals surface area contributed by atoms with E-state index in [9.17, 15) is 4.79 Å². The van der Waals surface area contributed by atoms with E-state index in [1.54, 1.807) is 22.9 Å². The second kappa shape index (κ2) is 6.30. The molecule has 112 valence electrons. The molecule has 0 amide bonds. The van der Waals surface area contributed by atoms with Crippen molar-refractivity contribution in [3.8, 4) is 5.75 Å². The molecular formula is C15H17BrN2O3. The third-order valence-electron chi connectivity index (χ3n) is 3.29. The van der Waals surface area contributed by atoms with E-state index in [2.05, 4.69) is 21.0 Å². The van der Waals surface area contributed by atoms with Crippen molar-refractivity contribution in [2.45, 2.75) is 26.9 Å². The van der Waals surface area contributed by atoms with Gasteiger partial charge in [-0.15, -0.1) is 0 Å². The molecule has 1 aromatic heterocycles. The first-order valence-corrected chi connectivity index (χ1v) is 7.40. The second-order valence-corrected chi connectivity index (χ2v) is 5.55. The number of aryl methyl sites for hydroxylation is 3. The van der Waals surface area contributed by atoms with Crippen LogP contribution in [-0.4, -0.2) is 20.9 Å². The Morgan fingerprint density at radius 1 is 1.48 bits per heavy atom. The molecule has 1 heterocycles. The molecule has 2 aromatic rings. The van der Waals surface area contributed by atoms with E-state index in [0.29, 0.717) is 12.4 Å². The molecule has 0 atom stereocenters. The monoisotopic (exact) mass is 352 g/mol. The third kappa shape index (κ3) is 3.26. The van der Waals surface area contributed by atoms with Gasteiger partial charge in [0, 0.05) is 7.05 Å². The van der Waals surface area contributed by atoms with Crippen LogP contribution in [0, 0.1) is 6.92 Å². The molecule has 21 heavy (non-hydrogen) atoms. The molecule has 0 saturated heterocycles. The van der Waals surface area contributed by atoms with E-state index in [1.807, 2.05) is 20.9 Å². The lowest BCUT2D eigenvalue weighted by molar-refractivity contribution is 0.0696. The van der Waals surface area contributed by atoms with Gasteiger partial charge in [0.05, 0.1) is 21.4 Å². The fourth-order valence-corrected chi connectivity index (χ4v) is 2.80. The van der Waals surface area contributed by atoms with Gasteiger partial charge in [-0.3, -0.25) is 4.68 Å². The van der Waals surface area contributed by atoms with E-state index < -0.39 is 5.97 Å². The molecule has 0 aliphatic carbocycles. The van der Waals surface area contributed by atoms with Crippen LogP contribution in [0.3, 0.4) is 0 Å². The smallest absolute Gasteiger partial charge is 0.335 e. The first kappa shape index (κ1) is 15.6. The highest BCUT2D eigenvalue weighted by molar-refractivity contribution is 9.10. The number of nitrogens with zero attached hydrogens (tertiary/aromatic N) is 2. The lowest BCUT2D eigenvalue weighted by Gasteiger charge is -2.10.